The number of rotatable bonds is 2. The molecular weight excluding hydrogens is 282 g/mol. The molecule has 2 atom stereocenters. The predicted octanol–water partition coefficient (Wildman–Crippen LogP) is 4.62. The van der Waals surface area contributed by atoms with Crippen LogP contribution in [-0.2, 0) is 0 Å². The number of benzene rings is 2. The summed E-state index contributed by atoms with van der Waals surface area (Å²) in [6.45, 7) is 1.92. The van der Waals surface area contributed by atoms with Gasteiger partial charge in [0.2, 0.25) is 0 Å². The van der Waals surface area contributed by atoms with Crippen molar-refractivity contribution in [2.24, 2.45) is 11.8 Å². The van der Waals surface area contributed by atoms with E-state index in [1.54, 1.807) is 0 Å². The Morgan fingerprint density at radius 3 is 1.96 bits per heavy atom. The van der Waals surface area contributed by atoms with Crippen LogP contribution in [0.1, 0.15) is 36.0 Å². The summed E-state index contributed by atoms with van der Waals surface area (Å²) in [5.41, 5.74) is 3.18. The minimum Gasteiger partial charge on any atom is -0.338 e. The average Bonchev–Trinajstić information content (AvgIpc) is 3.06. The number of hydrogen-bond donors (Lipinski definition) is 0. The van der Waals surface area contributed by atoms with Crippen molar-refractivity contribution in [2.75, 3.05) is 13.1 Å². The van der Waals surface area contributed by atoms with E-state index in [-0.39, 0.29) is 5.91 Å². The number of amides is 1. The molecule has 1 aliphatic carbocycles. The van der Waals surface area contributed by atoms with Gasteiger partial charge in [0, 0.05) is 18.7 Å². The van der Waals surface area contributed by atoms with Crippen LogP contribution in [0.25, 0.3) is 11.1 Å². The van der Waals surface area contributed by atoms with Gasteiger partial charge in [-0.15, -0.1) is 0 Å². The molecular formula is C21H23NO. The Hall–Kier alpha value is -2.09. The van der Waals surface area contributed by atoms with E-state index in [4.69, 9.17) is 0 Å². The van der Waals surface area contributed by atoms with Crippen LogP contribution in [0, 0.1) is 11.8 Å². The standard InChI is InChI=1S/C21H23NO/c23-21(22-14-19-8-4-5-9-20(19)15-22)18-12-10-17(11-13-18)16-6-2-1-3-7-16/h1-3,6-7,10-13,19-20H,4-5,8-9,14-15H2. The van der Waals surface area contributed by atoms with Crippen LogP contribution in [-0.4, -0.2) is 23.9 Å². The highest BCUT2D eigenvalue weighted by Crippen LogP contribution is 2.36. The summed E-state index contributed by atoms with van der Waals surface area (Å²) < 4.78 is 0. The van der Waals surface area contributed by atoms with Gasteiger partial charge in [0.15, 0.2) is 0 Å². The van der Waals surface area contributed by atoms with E-state index in [0.29, 0.717) is 0 Å². The van der Waals surface area contributed by atoms with Gasteiger partial charge in [-0.3, -0.25) is 4.79 Å². The van der Waals surface area contributed by atoms with Crippen LogP contribution in [0.15, 0.2) is 54.6 Å². The number of nitrogens with zero attached hydrogens (tertiary/aromatic N) is 1. The van der Waals surface area contributed by atoms with E-state index in [1.807, 2.05) is 30.3 Å². The van der Waals surface area contributed by atoms with Gasteiger partial charge in [-0.25, -0.2) is 0 Å². The average molecular weight is 305 g/mol. The van der Waals surface area contributed by atoms with Gasteiger partial charge in [0.05, 0.1) is 0 Å². The van der Waals surface area contributed by atoms with Crippen molar-refractivity contribution in [3.63, 3.8) is 0 Å². The van der Waals surface area contributed by atoms with Crippen molar-refractivity contribution in [2.45, 2.75) is 25.7 Å². The van der Waals surface area contributed by atoms with E-state index in [1.165, 1.54) is 31.2 Å². The quantitative estimate of drug-likeness (QED) is 0.793. The summed E-state index contributed by atoms with van der Waals surface area (Å²) in [7, 11) is 0. The number of fused-ring (bicyclic) bond motifs is 1. The first-order chi connectivity index (χ1) is 11.3. The molecule has 1 amide bonds. The minimum atomic E-state index is 0.207. The summed E-state index contributed by atoms with van der Waals surface area (Å²) in [5.74, 6) is 1.70. The monoisotopic (exact) mass is 305 g/mol. The molecule has 1 saturated carbocycles. The van der Waals surface area contributed by atoms with Crippen LogP contribution in [0.5, 0.6) is 0 Å². The molecule has 1 aliphatic heterocycles. The Morgan fingerprint density at radius 1 is 0.783 bits per heavy atom. The van der Waals surface area contributed by atoms with Crippen LogP contribution >= 0.6 is 0 Å². The first-order valence-electron chi connectivity index (χ1n) is 8.76. The van der Waals surface area contributed by atoms with Gasteiger partial charge in [-0.2, -0.15) is 0 Å². The van der Waals surface area contributed by atoms with E-state index in [9.17, 15) is 4.79 Å². The molecule has 2 unspecified atom stereocenters. The first-order valence-corrected chi connectivity index (χ1v) is 8.76. The Balaban J connectivity index is 1.49. The second kappa shape index (κ2) is 6.19. The maximum atomic E-state index is 12.8. The van der Waals surface area contributed by atoms with E-state index < -0.39 is 0 Å². The fourth-order valence-corrected chi connectivity index (χ4v) is 4.19. The van der Waals surface area contributed by atoms with Gasteiger partial charge in [0.25, 0.3) is 5.91 Å². The van der Waals surface area contributed by atoms with Gasteiger partial charge >= 0.3 is 0 Å². The highest BCUT2D eigenvalue weighted by Gasteiger charge is 2.36. The van der Waals surface area contributed by atoms with Crippen LogP contribution in [0.3, 0.4) is 0 Å². The number of carbonyl (C=O) groups is 1. The normalized spacial score (nSPS) is 23.6. The maximum absolute atomic E-state index is 12.8. The molecule has 2 aromatic carbocycles. The molecule has 118 valence electrons. The second-order valence-corrected chi connectivity index (χ2v) is 6.96. The van der Waals surface area contributed by atoms with Crippen molar-refractivity contribution in [1.29, 1.82) is 0 Å². The van der Waals surface area contributed by atoms with Gasteiger partial charge in [-0.1, -0.05) is 55.3 Å². The summed E-state index contributed by atoms with van der Waals surface area (Å²) in [4.78, 5) is 14.8. The molecule has 0 bridgehead atoms. The zero-order valence-corrected chi connectivity index (χ0v) is 13.4. The van der Waals surface area contributed by atoms with E-state index in [0.717, 1.165) is 36.1 Å². The van der Waals surface area contributed by atoms with Crippen LogP contribution in [0.4, 0.5) is 0 Å². The number of likely N-dealkylation sites (tertiary alicyclic amines) is 1. The molecule has 0 radical (unpaired) electrons. The molecule has 4 rings (SSSR count). The highest BCUT2D eigenvalue weighted by molar-refractivity contribution is 5.95. The Bertz CT molecular complexity index is 663. The molecule has 1 heterocycles. The summed E-state index contributed by atoms with van der Waals surface area (Å²) in [6, 6.07) is 18.4. The van der Waals surface area contributed by atoms with E-state index >= 15 is 0 Å². The van der Waals surface area contributed by atoms with Gasteiger partial charge in [0.1, 0.15) is 0 Å². The third-order valence-corrected chi connectivity index (χ3v) is 5.50. The molecule has 23 heavy (non-hydrogen) atoms. The third-order valence-electron chi connectivity index (χ3n) is 5.50. The molecule has 1 saturated heterocycles. The van der Waals surface area contributed by atoms with E-state index in [2.05, 4.69) is 29.2 Å². The molecule has 2 fully saturated rings. The Morgan fingerprint density at radius 2 is 1.35 bits per heavy atom. The molecule has 2 nitrogen and oxygen atoms in total. The number of carbonyl (C=O) groups excluding carboxylic acids is 1. The lowest BCUT2D eigenvalue weighted by Gasteiger charge is -2.22. The summed E-state index contributed by atoms with van der Waals surface area (Å²) in [5, 5.41) is 0. The van der Waals surface area contributed by atoms with Crippen molar-refractivity contribution in [3.05, 3.63) is 60.2 Å². The lowest BCUT2D eigenvalue weighted by molar-refractivity contribution is 0.0784. The molecule has 2 aliphatic rings. The summed E-state index contributed by atoms with van der Waals surface area (Å²) in [6.07, 6.45) is 5.30. The van der Waals surface area contributed by atoms with Crippen molar-refractivity contribution < 1.29 is 4.79 Å². The van der Waals surface area contributed by atoms with Crippen LogP contribution in [0.2, 0.25) is 0 Å². The smallest absolute Gasteiger partial charge is 0.253 e. The van der Waals surface area contributed by atoms with Crippen molar-refractivity contribution in [3.8, 4) is 11.1 Å². The zero-order chi connectivity index (χ0) is 15.6. The third kappa shape index (κ3) is 2.90. The fourth-order valence-electron chi connectivity index (χ4n) is 4.19. The Labute approximate surface area is 138 Å². The lowest BCUT2D eigenvalue weighted by atomic mass is 9.82. The lowest BCUT2D eigenvalue weighted by Crippen LogP contribution is -2.28. The molecule has 0 spiro atoms. The van der Waals surface area contributed by atoms with Gasteiger partial charge < -0.3 is 4.90 Å². The maximum Gasteiger partial charge on any atom is 0.253 e. The minimum absolute atomic E-state index is 0.207. The second-order valence-electron chi connectivity index (χ2n) is 6.96. The van der Waals surface area contributed by atoms with Gasteiger partial charge in [-0.05, 0) is 47.9 Å². The molecule has 0 aromatic heterocycles. The topological polar surface area (TPSA) is 20.3 Å². The predicted molar refractivity (Wildman–Crippen MR) is 93.2 cm³/mol. The molecule has 2 heteroatoms. The van der Waals surface area contributed by atoms with Crippen molar-refractivity contribution in [1.82, 2.24) is 4.90 Å². The Kier molecular flexibility index (Phi) is 3.90. The zero-order valence-electron chi connectivity index (χ0n) is 13.4. The largest absolute Gasteiger partial charge is 0.338 e. The van der Waals surface area contributed by atoms with Crippen molar-refractivity contribution >= 4 is 5.91 Å². The first kappa shape index (κ1) is 14.5. The van der Waals surface area contributed by atoms with Crippen LogP contribution < -0.4 is 0 Å². The molecule has 2 aromatic rings. The SMILES string of the molecule is O=C(c1ccc(-c2ccccc2)cc1)N1CC2CCCCC2C1. The fraction of sp³-hybridized carbons (Fsp3) is 0.381. The highest BCUT2D eigenvalue weighted by atomic mass is 16.2. The summed E-state index contributed by atoms with van der Waals surface area (Å²) >= 11 is 0. The number of hydrogen-bond acceptors (Lipinski definition) is 1. The molecule has 0 N–H and O–H groups in total.